The van der Waals surface area contributed by atoms with Crippen molar-refractivity contribution in [2.45, 2.75) is 39.1 Å². The maximum atomic E-state index is 14.1. The highest BCUT2D eigenvalue weighted by molar-refractivity contribution is 7.89. The van der Waals surface area contributed by atoms with E-state index in [0.29, 0.717) is 13.1 Å². The van der Waals surface area contributed by atoms with Crippen LogP contribution in [0.4, 0.5) is 4.39 Å². The predicted molar refractivity (Wildman–Crippen MR) is 83.1 cm³/mol. The molecule has 0 unspecified atom stereocenters. The molecule has 1 rings (SSSR count). The van der Waals surface area contributed by atoms with Gasteiger partial charge in [-0.15, -0.1) is 0 Å². The monoisotopic (exact) mass is 316 g/mol. The molecule has 0 spiro atoms. The lowest BCUT2D eigenvalue weighted by atomic mass is 9.97. The minimum atomic E-state index is -3.80. The van der Waals surface area contributed by atoms with Crippen molar-refractivity contribution in [3.63, 3.8) is 0 Å². The summed E-state index contributed by atoms with van der Waals surface area (Å²) < 4.78 is 40.2. The first-order chi connectivity index (χ1) is 9.58. The van der Waals surface area contributed by atoms with Crippen molar-refractivity contribution in [2.75, 3.05) is 20.1 Å². The summed E-state index contributed by atoms with van der Waals surface area (Å²) in [6.45, 7) is 9.39. The van der Waals surface area contributed by atoms with Crippen LogP contribution in [-0.2, 0) is 16.6 Å². The second kappa shape index (κ2) is 6.85. The van der Waals surface area contributed by atoms with Gasteiger partial charge in [-0.2, -0.15) is 0 Å². The third-order valence-electron chi connectivity index (χ3n) is 2.96. The Hall–Kier alpha value is -0.980. The molecule has 0 atom stereocenters. The molecule has 1 aromatic rings. The molecule has 0 aromatic heterocycles. The van der Waals surface area contributed by atoms with Gasteiger partial charge in [0.05, 0.1) is 0 Å². The Bertz CT molecular complexity index is 580. The minimum absolute atomic E-state index is 0.191. The molecular weight excluding hydrogens is 291 g/mol. The molecule has 4 nitrogen and oxygen atoms in total. The molecule has 6 heteroatoms. The van der Waals surface area contributed by atoms with Gasteiger partial charge in [0.15, 0.2) is 0 Å². The first-order valence-electron chi connectivity index (χ1n) is 7.03. The van der Waals surface area contributed by atoms with E-state index in [9.17, 15) is 12.8 Å². The Morgan fingerprint density at radius 2 is 1.90 bits per heavy atom. The summed E-state index contributed by atoms with van der Waals surface area (Å²) in [7, 11) is -2.32. The SMILES string of the molecule is CCNCc1ccc(S(=O)(=O)N(C)CC(C)(C)C)c(F)c1. The first-order valence-corrected chi connectivity index (χ1v) is 8.47. The maximum Gasteiger partial charge on any atom is 0.245 e. The molecular formula is C15H25FN2O2S. The Morgan fingerprint density at radius 1 is 1.29 bits per heavy atom. The van der Waals surface area contributed by atoms with E-state index < -0.39 is 15.8 Å². The van der Waals surface area contributed by atoms with Gasteiger partial charge in [0, 0.05) is 20.1 Å². The van der Waals surface area contributed by atoms with Gasteiger partial charge < -0.3 is 5.32 Å². The summed E-state index contributed by atoms with van der Waals surface area (Å²) in [4.78, 5) is -0.269. The van der Waals surface area contributed by atoms with Gasteiger partial charge in [-0.1, -0.05) is 33.8 Å². The molecule has 0 radical (unpaired) electrons. The molecule has 21 heavy (non-hydrogen) atoms. The van der Waals surface area contributed by atoms with E-state index in [4.69, 9.17) is 0 Å². The number of hydrogen-bond acceptors (Lipinski definition) is 3. The van der Waals surface area contributed by atoms with Crippen LogP contribution in [0.1, 0.15) is 33.3 Å². The number of hydrogen-bond donors (Lipinski definition) is 1. The lowest BCUT2D eigenvalue weighted by molar-refractivity contribution is 0.310. The number of sulfonamides is 1. The molecule has 0 aliphatic carbocycles. The largest absolute Gasteiger partial charge is 0.313 e. The standard InChI is InChI=1S/C15H25FN2O2S/c1-6-17-10-12-7-8-14(13(16)9-12)21(19,20)18(5)11-15(2,3)4/h7-9,17H,6,10-11H2,1-5H3. The summed E-state index contributed by atoms with van der Waals surface area (Å²) in [5, 5.41) is 3.08. The summed E-state index contributed by atoms with van der Waals surface area (Å²) in [5.74, 6) is -0.703. The Balaban J connectivity index is 3.03. The summed E-state index contributed by atoms with van der Waals surface area (Å²) in [6, 6.07) is 4.26. The van der Waals surface area contributed by atoms with Crippen molar-refractivity contribution in [3.05, 3.63) is 29.6 Å². The topological polar surface area (TPSA) is 49.4 Å². The van der Waals surface area contributed by atoms with Crippen LogP contribution in [0, 0.1) is 11.2 Å². The smallest absolute Gasteiger partial charge is 0.245 e. The summed E-state index contributed by atoms with van der Waals surface area (Å²) in [6.07, 6.45) is 0. The molecule has 0 aliphatic heterocycles. The molecule has 0 amide bonds. The average molecular weight is 316 g/mol. The van der Waals surface area contributed by atoms with Gasteiger partial charge in [0.2, 0.25) is 10.0 Å². The zero-order valence-electron chi connectivity index (χ0n) is 13.4. The Labute approximate surface area is 127 Å². The van der Waals surface area contributed by atoms with E-state index in [1.54, 1.807) is 6.07 Å². The zero-order chi connectivity index (χ0) is 16.3. The van der Waals surface area contributed by atoms with Crippen molar-refractivity contribution in [1.29, 1.82) is 0 Å². The fourth-order valence-electron chi connectivity index (χ4n) is 2.05. The molecule has 0 saturated heterocycles. The van der Waals surface area contributed by atoms with Crippen molar-refractivity contribution in [1.82, 2.24) is 9.62 Å². The quantitative estimate of drug-likeness (QED) is 0.877. The van der Waals surface area contributed by atoms with Crippen LogP contribution in [0.15, 0.2) is 23.1 Å². The Morgan fingerprint density at radius 3 is 2.38 bits per heavy atom. The van der Waals surface area contributed by atoms with Crippen molar-refractivity contribution in [2.24, 2.45) is 5.41 Å². The van der Waals surface area contributed by atoms with E-state index in [1.165, 1.54) is 23.5 Å². The summed E-state index contributed by atoms with van der Waals surface area (Å²) in [5.41, 5.74) is 0.537. The van der Waals surface area contributed by atoms with Crippen LogP contribution in [0.3, 0.4) is 0 Å². The molecule has 0 bridgehead atoms. The van der Waals surface area contributed by atoms with Crippen LogP contribution in [0.5, 0.6) is 0 Å². The van der Waals surface area contributed by atoms with E-state index >= 15 is 0 Å². The van der Waals surface area contributed by atoms with E-state index in [0.717, 1.165) is 12.1 Å². The molecule has 0 saturated carbocycles. The lowest BCUT2D eigenvalue weighted by Gasteiger charge is -2.26. The van der Waals surface area contributed by atoms with Crippen molar-refractivity contribution in [3.8, 4) is 0 Å². The van der Waals surface area contributed by atoms with E-state index in [2.05, 4.69) is 5.32 Å². The number of nitrogens with one attached hydrogen (secondary N) is 1. The Kier molecular flexibility index (Phi) is 5.90. The fraction of sp³-hybridized carbons (Fsp3) is 0.600. The summed E-state index contributed by atoms with van der Waals surface area (Å²) >= 11 is 0. The first kappa shape index (κ1) is 18.1. The average Bonchev–Trinajstić information content (AvgIpc) is 2.34. The molecule has 0 fully saturated rings. The normalized spacial score (nSPS) is 12.9. The van der Waals surface area contributed by atoms with Crippen molar-refractivity contribution >= 4 is 10.0 Å². The van der Waals surface area contributed by atoms with Gasteiger partial charge in [-0.25, -0.2) is 17.1 Å². The van der Waals surface area contributed by atoms with Gasteiger partial charge in [-0.3, -0.25) is 0 Å². The second-order valence-corrected chi connectivity index (χ2v) is 8.38. The fourth-order valence-corrected chi connectivity index (χ4v) is 3.49. The van der Waals surface area contributed by atoms with Gasteiger partial charge >= 0.3 is 0 Å². The maximum absolute atomic E-state index is 14.1. The van der Waals surface area contributed by atoms with Crippen LogP contribution in [0.2, 0.25) is 0 Å². The van der Waals surface area contributed by atoms with E-state index in [-0.39, 0.29) is 10.3 Å². The lowest BCUT2D eigenvalue weighted by Crippen LogP contribution is -2.35. The highest BCUT2D eigenvalue weighted by Gasteiger charge is 2.27. The molecule has 120 valence electrons. The van der Waals surface area contributed by atoms with Gasteiger partial charge in [-0.05, 0) is 29.7 Å². The van der Waals surface area contributed by atoms with Crippen LogP contribution < -0.4 is 5.32 Å². The molecule has 1 N–H and O–H groups in total. The van der Waals surface area contributed by atoms with Crippen LogP contribution >= 0.6 is 0 Å². The highest BCUT2D eigenvalue weighted by atomic mass is 32.2. The third kappa shape index (κ3) is 5.05. The van der Waals surface area contributed by atoms with Crippen LogP contribution in [0.25, 0.3) is 0 Å². The van der Waals surface area contributed by atoms with Crippen molar-refractivity contribution < 1.29 is 12.8 Å². The molecule has 0 aliphatic rings. The van der Waals surface area contributed by atoms with Crippen LogP contribution in [-0.4, -0.2) is 32.9 Å². The second-order valence-electron chi connectivity index (χ2n) is 6.37. The van der Waals surface area contributed by atoms with Gasteiger partial charge in [0.1, 0.15) is 10.7 Å². The third-order valence-corrected chi connectivity index (χ3v) is 4.80. The van der Waals surface area contributed by atoms with E-state index in [1.807, 2.05) is 27.7 Å². The number of benzene rings is 1. The number of rotatable bonds is 6. The number of nitrogens with zero attached hydrogens (tertiary/aromatic N) is 1. The zero-order valence-corrected chi connectivity index (χ0v) is 14.2. The van der Waals surface area contributed by atoms with Gasteiger partial charge in [0.25, 0.3) is 0 Å². The minimum Gasteiger partial charge on any atom is -0.313 e. The highest BCUT2D eigenvalue weighted by Crippen LogP contribution is 2.23. The molecule has 1 aromatic carbocycles. The predicted octanol–water partition coefficient (Wildman–Crippen LogP) is 2.60. The number of halogens is 1. The molecule has 0 heterocycles.